The molecule has 0 atom stereocenters. The van der Waals surface area contributed by atoms with Gasteiger partial charge in [0.05, 0.1) is 12.8 Å². The van der Waals surface area contributed by atoms with Crippen LogP contribution in [0.4, 0.5) is 0 Å². The Morgan fingerprint density at radius 1 is 1.06 bits per heavy atom. The Balaban J connectivity index is 1.42. The van der Waals surface area contributed by atoms with Crippen molar-refractivity contribution in [2.24, 2.45) is 5.10 Å². The van der Waals surface area contributed by atoms with Gasteiger partial charge in [-0.2, -0.15) is 9.78 Å². The zero-order chi connectivity index (χ0) is 21.5. The summed E-state index contributed by atoms with van der Waals surface area (Å²) in [5.41, 5.74) is 2.64. The van der Waals surface area contributed by atoms with Crippen LogP contribution in [0.2, 0.25) is 0 Å². The quantitative estimate of drug-likeness (QED) is 0.274. The predicted molar refractivity (Wildman–Crippen MR) is 126 cm³/mol. The molecular formula is C25H28N4O2. The molecule has 0 spiro atoms. The number of fused-ring (bicyclic) bond motifs is 3. The number of H-pyrrole nitrogens is 1. The molecule has 2 aromatic heterocycles. The van der Waals surface area contributed by atoms with Gasteiger partial charge in [0.25, 0.3) is 5.56 Å². The highest BCUT2D eigenvalue weighted by atomic mass is 16.5. The Morgan fingerprint density at radius 3 is 2.81 bits per heavy atom. The number of rotatable bonds is 10. The molecule has 0 saturated heterocycles. The lowest BCUT2D eigenvalue weighted by atomic mass is 10.1. The van der Waals surface area contributed by atoms with E-state index in [1.807, 2.05) is 48.5 Å². The molecule has 0 saturated carbocycles. The number of unbranched alkanes of at least 4 members (excludes halogenated alkanes) is 5. The smallest absolute Gasteiger partial charge is 0.298 e. The van der Waals surface area contributed by atoms with Gasteiger partial charge in [-0.05, 0) is 30.2 Å². The summed E-state index contributed by atoms with van der Waals surface area (Å²) in [6.45, 7) is 2.94. The number of nitrogens with one attached hydrogen (secondary N) is 1. The summed E-state index contributed by atoms with van der Waals surface area (Å²) in [5.74, 6) is 0.814. The van der Waals surface area contributed by atoms with Gasteiger partial charge in [0, 0.05) is 10.9 Å². The zero-order valence-electron chi connectivity index (χ0n) is 17.9. The van der Waals surface area contributed by atoms with E-state index in [-0.39, 0.29) is 5.56 Å². The number of hydrogen-bond acceptors (Lipinski definition) is 4. The summed E-state index contributed by atoms with van der Waals surface area (Å²) in [6.07, 6.45) is 10.5. The summed E-state index contributed by atoms with van der Waals surface area (Å²) in [6, 6.07) is 15.5. The number of benzene rings is 2. The van der Waals surface area contributed by atoms with Crippen LogP contribution in [0.1, 0.15) is 51.0 Å². The van der Waals surface area contributed by atoms with Gasteiger partial charge in [-0.15, -0.1) is 0 Å². The van der Waals surface area contributed by atoms with Crippen molar-refractivity contribution >= 4 is 28.2 Å². The Morgan fingerprint density at radius 2 is 1.90 bits per heavy atom. The molecule has 0 aliphatic carbocycles. The van der Waals surface area contributed by atoms with Crippen LogP contribution in [0, 0.1) is 0 Å². The Kier molecular flexibility index (Phi) is 6.77. The molecule has 0 aliphatic heterocycles. The van der Waals surface area contributed by atoms with E-state index in [9.17, 15) is 4.79 Å². The fourth-order valence-electron chi connectivity index (χ4n) is 3.66. The van der Waals surface area contributed by atoms with Gasteiger partial charge in [0.1, 0.15) is 23.1 Å². The van der Waals surface area contributed by atoms with Crippen LogP contribution < -0.4 is 10.3 Å². The van der Waals surface area contributed by atoms with Gasteiger partial charge in [-0.3, -0.25) is 4.79 Å². The highest BCUT2D eigenvalue weighted by Crippen LogP contribution is 2.20. The molecule has 4 rings (SSSR count). The van der Waals surface area contributed by atoms with Crippen LogP contribution >= 0.6 is 0 Å². The van der Waals surface area contributed by atoms with Crippen molar-refractivity contribution in [1.82, 2.24) is 14.6 Å². The Hall–Kier alpha value is -3.41. The third-order valence-electron chi connectivity index (χ3n) is 5.35. The summed E-state index contributed by atoms with van der Waals surface area (Å²) in [7, 11) is 0. The van der Waals surface area contributed by atoms with Crippen LogP contribution in [-0.4, -0.2) is 27.5 Å². The maximum Gasteiger partial charge on any atom is 0.298 e. The average Bonchev–Trinajstić information content (AvgIpc) is 3.18. The first-order chi connectivity index (χ1) is 15.3. The van der Waals surface area contributed by atoms with Crippen molar-refractivity contribution in [3.05, 3.63) is 70.8 Å². The van der Waals surface area contributed by atoms with Gasteiger partial charge in [0.2, 0.25) is 0 Å². The monoisotopic (exact) mass is 416 g/mol. The van der Waals surface area contributed by atoms with Crippen LogP contribution in [0.5, 0.6) is 5.75 Å². The van der Waals surface area contributed by atoms with E-state index in [1.54, 1.807) is 6.21 Å². The number of aromatic amines is 1. The first kappa shape index (κ1) is 20.8. The third-order valence-corrected chi connectivity index (χ3v) is 5.35. The number of hydrogen-bond donors (Lipinski definition) is 1. The number of para-hydroxylation sites is 1. The first-order valence-electron chi connectivity index (χ1n) is 11.0. The number of nitrogens with zero attached hydrogens (tertiary/aromatic N) is 3. The Labute approximate surface area is 181 Å². The second kappa shape index (κ2) is 10.1. The van der Waals surface area contributed by atoms with Gasteiger partial charge in [-0.1, -0.05) is 69.4 Å². The van der Waals surface area contributed by atoms with E-state index in [2.05, 4.69) is 22.0 Å². The Bertz CT molecular complexity index is 1240. The molecule has 160 valence electrons. The van der Waals surface area contributed by atoms with E-state index in [0.717, 1.165) is 28.6 Å². The highest BCUT2D eigenvalue weighted by molar-refractivity contribution is 6.04. The molecule has 31 heavy (non-hydrogen) atoms. The van der Waals surface area contributed by atoms with Gasteiger partial charge >= 0.3 is 0 Å². The van der Waals surface area contributed by atoms with Crippen molar-refractivity contribution in [2.75, 3.05) is 6.61 Å². The average molecular weight is 417 g/mol. The fraction of sp³-hybridized carbons (Fsp3) is 0.320. The van der Waals surface area contributed by atoms with Crippen molar-refractivity contribution in [1.29, 1.82) is 0 Å². The third kappa shape index (κ3) is 5.02. The minimum atomic E-state index is -0.229. The van der Waals surface area contributed by atoms with Gasteiger partial charge < -0.3 is 9.72 Å². The topological polar surface area (TPSA) is 72.3 Å². The molecule has 1 N–H and O–H groups in total. The van der Waals surface area contributed by atoms with Crippen molar-refractivity contribution < 1.29 is 4.74 Å². The summed E-state index contributed by atoms with van der Waals surface area (Å²) >= 11 is 0. The number of aromatic nitrogens is 3. The van der Waals surface area contributed by atoms with Crippen LogP contribution in [0.25, 0.3) is 21.9 Å². The molecule has 2 aromatic carbocycles. The molecule has 0 fully saturated rings. The lowest BCUT2D eigenvalue weighted by Crippen LogP contribution is -2.17. The minimum absolute atomic E-state index is 0.229. The molecular weight excluding hydrogens is 388 g/mol. The molecule has 6 heteroatoms. The maximum atomic E-state index is 12.8. The highest BCUT2D eigenvalue weighted by Gasteiger charge is 2.09. The lowest BCUT2D eigenvalue weighted by molar-refractivity contribution is 0.304. The van der Waals surface area contributed by atoms with E-state index >= 15 is 0 Å². The molecule has 0 aliphatic rings. The molecule has 0 unspecified atom stereocenters. The normalized spacial score (nSPS) is 11.6. The van der Waals surface area contributed by atoms with E-state index in [0.29, 0.717) is 17.6 Å². The van der Waals surface area contributed by atoms with Gasteiger partial charge in [0.15, 0.2) is 0 Å². The zero-order valence-corrected chi connectivity index (χ0v) is 17.9. The van der Waals surface area contributed by atoms with E-state index < -0.39 is 0 Å². The molecule has 0 radical (unpaired) electrons. The standard InChI is InChI=1S/C25H28N4O2/c1-2-3-4-5-6-9-15-31-20-12-10-11-19(16-20)17-27-29-18-26-23-21-13-7-8-14-22(21)28-24(23)25(29)30/h7-8,10-14,16-18,28H,2-6,9,15H2,1H3. The second-order valence-electron chi connectivity index (χ2n) is 7.72. The minimum Gasteiger partial charge on any atom is -0.494 e. The predicted octanol–water partition coefficient (Wildman–Crippen LogP) is 5.50. The summed E-state index contributed by atoms with van der Waals surface area (Å²) in [5, 5.41) is 5.25. The first-order valence-corrected chi connectivity index (χ1v) is 11.0. The largest absolute Gasteiger partial charge is 0.494 e. The van der Waals surface area contributed by atoms with Crippen LogP contribution in [-0.2, 0) is 0 Å². The number of ether oxygens (including phenoxy) is 1. The maximum absolute atomic E-state index is 12.8. The molecule has 0 amide bonds. The summed E-state index contributed by atoms with van der Waals surface area (Å²) in [4.78, 5) is 20.4. The second-order valence-corrected chi connectivity index (χ2v) is 7.72. The van der Waals surface area contributed by atoms with Crippen molar-refractivity contribution in [3.63, 3.8) is 0 Å². The molecule has 2 heterocycles. The molecule has 4 aromatic rings. The van der Waals surface area contributed by atoms with Gasteiger partial charge in [-0.25, -0.2) is 4.98 Å². The fourth-order valence-corrected chi connectivity index (χ4v) is 3.66. The molecule has 0 bridgehead atoms. The van der Waals surface area contributed by atoms with E-state index in [1.165, 1.54) is 43.1 Å². The lowest BCUT2D eigenvalue weighted by Gasteiger charge is -2.06. The summed E-state index contributed by atoms with van der Waals surface area (Å²) < 4.78 is 7.12. The van der Waals surface area contributed by atoms with Crippen LogP contribution in [0.15, 0.2) is 64.8 Å². The van der Waals surface area contributed by atoms with Crippen molar-refractivity contribution in [2.45, 2.75) is 45.4 Å². The van der Waals surface area contributed by atoms with Crippen LogP contribution in [0.3, 0.4) is 0 Å². The molecule has 6 nitrogen and oxygen atoms in total. The van der Waals surface area contributed by atoms with Crippen molar-refractivity contribution in [3.8, 4) is 5.75 Å². The SMILES string of the molecule is CCCCCCCCOc1cccc(C=Nn2cnc3c([nH]c4ccccc43)c2=O)c1. The van der Waals surface area contributed by atoms with E-state index in [4.69, 9.17) is 4.74 Å².